The van der Waals surface area contributed by atoms with Crippen molar-refractivity contribution in [3.8, 4) is 11.3 Å². The topological polar surface area (TPSA) is 109 Å². The molecule has 218 valence electrons. The van der Waals surface area contributed by atoms with Crippen molar-refractivity contribution in [1.29, 1.82) is 0 Å². The minimum Gasteiger partial charge on any atom is -0.382 e. The molecule has 1 saturated carbocycles. The van der Waals surface area contributed by atoms with Gasteiger partial charge < -0.3 is 21.1 Å². The highest BCUT2D eigenvalue weighted by Crippen LogP contribution is 2.44. The highest BCUT2D eigenvalue weighted by Gasteiger charge is 2.56. The van der Waals surface area contributed by atoms with E-state index in [9.17, 15) is 23.1 Å². The standard InChI is InChI=1S/C31H31F3N6O2/c1-29(42,21-3-2-4-22(15-21)31(32,33)34)20-8-5-18(6-9-20)24-25-26(35)36-13-14-39(25)27(38-24)19-7-10-23-16-37-30(11-12-30)28(41)40(23)17-19/h2-6,8-9,13-15,19,23,37,42H,7,10-12,16-17H2,1H3,(H2,35,36)/t19-,23+,29-/m1/s1. The molecule has 1 amide bonds. The first-order chi connectivity index (χ1) is 20.0. The Bertz CT molecular complexity index is 1690. The van der Waals surface area contributed by atoms with Crippen molar-refractivity contribution < 1.29 is 23.1 Å². The van der Waals surface area contributed by atoms with E-state index in [0.29, 0.717) is 29.1 Å². The van der Waals surface area contributed by atoms with Gasteiger partial charge in [-0.3, -0.25) is 9.20 Å². The quantitative estimate of drug-likeness (QED) is 0.331. The lowest BCUT2D eigenvalue weighted by atomic mass is 9.87. The van der Waals surface area contributed by atoms with E-state index in [1.807, 2.05) is 15.5 Å². The Labute approximate surface area is 240 Å². The number of alkyl halides is 3. The molecular weight excluding hydrogens is 545 g/mol. The molecule has 3 atom stereocenters. The van der Waals surface area contributed by atoms with Gasteiger partial charge in [0, 0.05) is 43.0 Å². The van der Waals surface area contributed by atoms with Gasteiger partial charge in [0.05, 0.1) is 11.1 Å². The van der Waals surface area contributed by atoms with E-state index in [1.54, 1.807) is 30.5 Å². The molecule has 0 unspecified atom stereocenters. The number of piperazine rings is 1. The van der Waals surface area contributed by atoms with Gasteiger partial charge in [-0.05, 0) is 55.9 Å². The normalized spacial score (nSPS) is 23.2. The zero-order valence-corrected chi connectivity index (χ0v) is 23.0. The minimum absolute atomic E-state index is 0.0167. The summed E-state index contributed by atoms with van der Waals surface area (Å²) in [7, 11) is 0. The van der Waals surface area contributed by atoms with Crippen molar-refractivity contribution in [3.05, 3.63) is 83.4 Å². The first-order valence-electron chi connectivity index (χ1n) is 14.2. The van der Waals surface area contributed by atoms with Gasteiger partial charge in [0.1, 0.15) is 28.5 Å². The van der Waals surface area contributed by atoms with Gasteiger partial charge in [-0.25, -0.2) is 9.97 Å². The van der Waals surface area contributed by atoms with Crippen molar-refractivity contribution in [2.24, 2.45) is 0 Å². The lowest BCUT2D eigenvalue weighted by molar-refractivity contribution is -0.142. The molecule has 1 aliphatic carbocycles. The number of hydrogen-bond donors (Lipinski definition) is 3. The Morgan fingerprint density at radius 2 is 1.81 bits per heavy atom. The summed E-state index contributed by atoms with van der Waals surface area (Å²) in [6.07, 6.45) is 2.47. The van der Waals surface area contributed by atoms with Crippen LogP contribution in [0.5, 0.6) is 0 Å². The average molecular weight is 577 g/mol. The zero-order chi connectivity index (χ0) is 29.4. The number of rotatable bonds is 4. The van der Waals surface area contributed by atoms with E-state index in [4.69, 9.17) is 10.7 Å². The third kappa shape index (κ3) is 4.25. The number of piperidine rings is 1. The van der Waals surface area contributed by atoms with Crippen molar-refractivity contribution in [2.75, 3.05) is 18.8 Å². The Morgan fingerprint density at radius 1 is 1.07 bits per heavy atom. The van der Waals surface area contributed by atoms with Gasteiger partial charge in [0.25, 0.3) is 0 Å². The molecule has 2 aromatic carbocycles. The van der Waals surface area contributed by atoms with Crippen LogP contribution in [0.4, 0.5) is 19.0 Å². The maximum absolute atomic E-state index is 13.3. The number of amides is 1. The summed E-state index contributed by atoms with van der Waals surface area (Å²) < 4.78 is 41.9. The number of carbonyl (C=O) groups excluding carboxylic acids is 1. The molecule has 4 heterocycles. The minimum atomic E-state index is -4.51. The molecule has 7 rings (SSSR count). The van der Waals surface area contributed by atoms with Crippen LogP contribution in [0.25, 0.3) is 16.8 Å². The number of aromatic nitrogens is 3. The van der Waals surface area contributed by atoms with Crippen molar-refractivity contribution in [1.82, 2.24) is 24.6 Å². The number of nitrogens with zero attached hydrogens (tertiary/aromatic N) is 4. The van der Waals surface area contributed by atoms with E-state index in [2.05, 4.69) is 10.3 Å². The number of benzene rings is 2. The Balaban J connectivity index is 1.22. The fourth-order valence-electron chi connectivity index (χ4n) is 6.57. The summed E-state index contributed by atoms with van der Waals surface area (Å²) in [6.45, 7) is 2.88. The first kappa shape index (κ1) is 26.9. The molecule has 2 aromatic heterocycles. The SMILES string of the molecule is C[C@@](O)(c1ccc(-c2nc([C@@H]3CC[C@H]4CNC5(CC5)C(=O)N4C3)n3ccnc(N)c23)cc1)c1cccc(C(F)(F)F)c1. The molecule has 42 heavy (non-hydrogen) atoms. The number of halogens is 3. The number of hydrogen-bond acceptors (Lipinski definition) is 6. The highest BCUT2D eigenvalue weighted by atomic mass is 19.4. The first-order valence-corrected chi connectivity index (χ1v) is 14.2. The van der Waals surface area contributed by atoms with E-state index >= 15 is 0 Å². The number of imidazole rings is 1. The molecule has 1 spiro atoms. The summed E-state index contributed by atoms with van der Waals surface area (Å²) in [6, 6.07) is 11.9. The predicted octanol–water partition coefficient (Wildman–Crippen LogP) is 4.46. The van der Waals surface area contributed by atoms with Gasteiger partial charge in [-0.1, -0.05) is 36.4 Å². The van der Waals surface area contributed by atoms with E-state index < -0.39 is 17.3 Å². The molecule has 0 radical (unpaired) electrons. The summed E-state index contributed by atoms with van der Waals surface area (Å²) in [5.74, 6) is 1.33. The van der Waals surface area contributed by atoms with Gasteiger partial charge in [-0.15, -0.1) is 0 Å². The highest BCUT2D eigenvalue weighted by molar-refractivity contribution is 5.91. The van der Waals surface area contributed by atoms with Crippen LogP contribution in [0, 0.1) is 0 Å². The fraction of sp³-hybridized carbons (Fsp3) is 0.387. The molecule has 4 aromatic rings. The van der Waals surface area contributed by atoms with Gasteiger partial charge in [0.15, 0.2) is 0 Å². The number of aliphatic hydroxyl groups is 1. The molecule has 4 N–H and O–H groups in total. The molecule has 11 heteroatoms. The second-order valence-corrected chi connectivity index (χ2v) is 11.9. The summed E-state index contributed by atoms with van der Waals surface area (Å²) in [5, 5.41) is 14.8. The second-order valence-electron chi connectivity index (χ2n) is 11.9. The number of fused-ring (bicyclic) bond motifs is 2. The fourth-order valence-corrected chi connectivity index (χ4v) is 6.57. The van der Waals surface area contributed by atoms with Crippen LogP contribution in [0.1, 0.15) is 61.0 Å². The molecule has 3 aliphatic rings. The van der Waals surface area contributed by atoms with Crippen LogP contribution < -0.4 is 11.1 Å². The number of nitrogen functional groups attached to an aromatic ring is 1. The Kier molecular flexibility index (Phi) is 5.94. The van der Waals surface area contributed by atoms with E-state index in [1.165, 1.54) is 19.1 Å². The summed E-state index contributed by atoms with van der Waals surface area (Å²) in [5.41, 5.74) is 6.08. The van der Waals surface area contributed by atoms with Crippen LogP contribution in [-0.4, -0.2) is 55.0 Å². The second kappa shape index (κ2) is 9.27. The summed E-state index contributed by atoms with van der Waals surface area (Å²) in [4.78, 5) is 24.7. The van der Waals surface area contributed by atoms with Crippen LogP contribution in [0.3, 0.4) is 0 Å². The molecular formula is C31H31F3N6O2. The smallest absolute Gasteiger partial charge is 0.382 e. The van der Waals surface area contributed by atoms with Crippen LogP contribution in [0.15, 0.2) is 60.9 Å². The number of nitrogens with one attached hydrogen (secondary N) is 1. The van der Waals surface area contributed by atoms with Crippen molar-refractivity contribution in [3.63, 3.8) is 0 Å². The largest absolute Gasteiger partial charge is 0.416 e. The van der Waals surface area contributed by atoms with E-state index in [-0.39, 0.29) is 29.0 Å². The maximum Gasteiger partial charge on any atom is 0.416 e. The van der Waals surface area contributed by atoms with Gasteiger partial charge in [0.2, 0.25) is 5.91 Å². The summed E-state index contributed by atoms with van der Waals surface area (Å²) >= 11 is 0. The number of nitrogens with two attached hydrogens (primary N) is 1. The molecule has 2 saturated heterocycles. The van der Waals surface area contributed by atoms with Crippen molar-refractivity contribution in [2.45, 2.75) is 61.9 Å². The monoisotopic (exact) mass is 576 g/mol. The van der Waals surface area contributed by atoms with Crippen LogP contribution >= 0.6 is 0 Å². The van der Waals surface area contributed by atoms with E-state index in [0.717, 1.165) is 55.7 Å². The number of anilines is 1. The molecule has 0 bridgehead atoms. The Morgan fingerprint density at radius 3 is 2.52 bits per heavy atom. The predicted molar refractivity (Wildman–Crippen MR) is 150 cm³/mol. The zero-order valence-electron chi connectivity index (χ0n) is 23.0. The third-order valence-electron chi connectivity index (χ3n) is 9.25. The van der Waals surface area contributed by atoms with Gasteiger partial charge >= 0.3 is 6.18 Å². The Hall–Kier alpha value is -3.96. The molecule has 3 fully saturated rings. The molecule has 2 aliphatic heterocycles. The lowest BCUT2D eigenvalue weighted by Crippen LogP contribution is -2.63. The van der Waals surface area contributed by atoms with Crippen molar-refractivity contribution >= 4 is 17.2 Å². The van der Waals surface area contributed by atoms with Crippen LogP contribution in [0.2, 0.25) is 0 Å². The van der Waals surface area contributed by atoms with Crippen LogP contribution in [-0.2, 0) is 16.6 Å². The number of carbonyl (C=O) groups is 1. The lowest BCUT2D eigenvalue weighted by Gasteiger charge is -2.45. The third-order valence-corrected chi connectivity index (χ3v) is 9.25. The average Bonchev–Trinajstić information content (AvgIpc) is 3.66. The molecule has 8 nitrogen and oxygen atoms in total. The maximum atomic E-state index is 13.3. The van der Waals surface area contributed by atoms with Gasteiger partial charge in [-0.2, -0.15) is 13.2 Å².